The number of rotatable bonds is 3. The Morgan fingerprint density at radius 1 is 0.857 bits per heavy atom. The van der Waals surface area contributed by atoms with Crippen LogP contribution in [0, 0.1) is 0 Å². The lowest BCUT2D eigenvalue weighted by Gasteiger charge is -2.07. The van der Waals surface area contributed by atoms with E-state index in [1.54, 1.807) is 18.2 Å². The minimum atomic E-state index is 0.471. The zero-order chi connectivity index (χ0) is 16.3. The Labute approximate surface area is 137 Å². The van der Waals surface area contributed by atoms with Crippen LogP contribution in [0.5, 0.6) is 11.5 Å². The van der Waals surface area contributed by atoms with Gasteiger partial charge in [0, 0.05) is 12.6 Å². The van der Waals surface area contributed by atoms with Crippen LogP contribution < -0.4 is 10.5 Å². The van der Waals surface area contributed by atoms with Crippen molar-refractivity contribution in [2.75, 3.05) is 0 Å². The van der Waals surface area contributed by atoms with Crippen LogP contribution in [0.15, 0.2) is 42.5 Å². The highest BCUT2D eigenvalue weighted by Crippen LogP contribution is 2.29. The minimum absolute atomic E-state index is 0.471. The van der Waals surface area contributed by atoms with Crippen molar-refractivity contribution >= 4 is 23.2 Å². The van der Waals surface area contributed by atoms with Crippen molar-refractivity contribution in [1.82, 2.24) is 0 Å². The predicted octanol–water partition coefficient (Wildman–Crippen LogP) is 6.30. The molecule has 0 fully saturated rings. The van der Waals surface area contributed by atoms with Gasteiger partial charge in [0.25, 0.3) is 0 Å². The summed E-state index contributed by atoms with van der Waals surface area (Å²) in [6.45, 7) is 8.48. The molecular formula is C17H23Cl2NO. The molecule has 0 unspecified atom stereocenters. The van der Waals surface area contributed by atoms with Gasteiger partial charge in [-0.3, -0.25) is 0 Å². The molecule has 0 aliphatic heterocycles. The van der Waals surface area contributed by atoms with Gasteiger partial charge in [-0.25, -0.2) is 0 Å². The van der Waals surface area contributed by atoms with E-state index in [0.717, 1.165) is 11.3 Å². The summed E-state index contributed by atoms with van der Waals surface area (Å²) < 4.78 is 5.66. The van der Waals surface area contributed by atoms with E-state index in [1.165, 1.54) is 0 Å². The summed E-state index contributed by atoms with van der Waals surface area (Å²) in [5.74, 6) is 1.37. The first-order valence-corrected chi connectivity index (χ1v) is 7.86. The number of hydrogen-bond acceptors (Lipinski definition) is 2. The van der Waals surface area contributed by atoms with E-state index < -0.39 is 0 Å². The first-order valence-electron chi connectivity index (χ1n) is 7.11. The summed E-state index contributed by atoms with van der Waals surface area (Å²) in [4.78, 5) is 0. The highest BCUT2D eigenvalue weighted by molar-refractivity contribution is 6.42. The van der Waals surface area contributed by atoms with Gasteiger partial charge in [0.05, 0.1) is 10.0 Å². The lowest BCUT2D eigenvalue weighted by Crippen LogP contribution is -1.96. The molecule has 116 valence electrons. The van der Waals surface area contributed by atoms with Gasteiger partial charge in [0.1, 0.15) is 11.5 Å². The zero-order valence-corrected chi connectivity index (χ0v) is 14.5. The summed E-state index contributed by atoms with van der Waals surface area (Å²) in [6.07, 6.45) is 0. The van der Waals surface area contributed by atoms with Gasteiger partial charge in [-0.15, -0.1) is 0 Å². The van der Waals surface area contributed by atoms with Gasteiger partial charge in [-0.1, -0.05) is 63.0 Å². The molecule has 4 heteroatoms. The Kier molecular flexibility index (Phi) is 10.8. The smallest absolute Gasteiger partial charge is 0.129 e. The summed E-state index contributed by atoms with van der Waals surface area (Å²) in [5, 5.41) is 0.980. The van der Waals surface area contributed by atoms with E-state index >= 15 is 0 Å². The van der Waals surface area contributed by atoms with Crippen LogP contribution in [0.25, 0.3) is 0 Å². The number of ether oxygens (including phenoxy) is 1. The molecule has 0 saturated carbocycles. The molecule has 0 amide bonds. The van der Waals surface area contributed by atoms with Crippen LogP contribution in [0.3, 0.4) is 0 Å². The molecular weight excluding hydrogens is 305 g/mol. The largest absolute Gasteiger partial charge is 0.457 e. The van der Waals surface area contributed by atoms with E-state index in [-0.39, 0.29) is 0 Å². The standard InChI is InChI=1S/C13H11Cl2NO.2C2H6/c14-12-5-4-11(7-13(12)15)17-10-3-1-2-9(6-10)8-16;2*1-2/h1-7H,8,16H2;2*1-2H3. The zero-order valence-electron chi connectivity index (χ0n) is 13.0. The number of benzene rings is 2. The summed E-state index contributed by atoms with van der Waals surface area (Å²) in [5.41, 5.74) is 6.58. The highest BCUT2D eigenvalue weighted by atomic mass is 35.5. The van der Waals surface area contributed by atoms with Crippen LogP contribution in [-0.2, 0) is 6.54 Å². The fraction of sp³-hybridized carbons (Fsp3) is 0.294. The molecule has 0 atom stereocenters. The number of halogens is 2. The normalized spacial score (nSPS) is 8.90. The second-order valence-corrected chi connectivity index (χ2v) is 4.34. The van der Waals surface area contributed by atoms with Crippen molar-refractivity contribution in [3.05, 3.63) is 58.1 Å². The van der Waals surface area contributed by atoms with Gasteiger partial charge in [0.15, 0.2) is 0 Å². The number of nitrogens with two attached hydrogens (primary N) is 1. The Morgan fingerprint density at radius 2 is 1.48 bits per heavy atom. The third kappa shape index (κ3) is 6.85. The van der Waals surface area contributed by atoms with Crippen LogP contribution in [-0.4, -0.2) is 0 Å². The molecule has 0 saturated heterocycles. The lowest BCUT2D eigenvalue weighted by atomic mass is 10.2. The van der Waals surface area contributed by atoms with Gasteiger partial charge < -0.3 is 10.5 Å². The van der Waals surface area contributed by atoms with E-state index in [9.17, 15) is 0 Å². The molecule has 0 aliphatic carbocycles. The van der Waals surface area contributed by atoms with E-state index in [4.69, 9.17) is 33.7 Å². The Hall–Kier alpha value is -1.22. The first kappa shape index (κ1) is 19.8. The van der Waals surface area contributed by atoms with Crippen molar-refractivity contribution in [3.8, 4) is 11.5 Å². The lowest BCUT2D eigenvalue weighted by molar-refractivity contribution is 0.482. The minimum Gasteiger partial charge on any atom is -0.457 e. The van der Waals surface area contributed by atoms with Gasteiger partial charge >= 0.3 is 0 Å². The third-order valence-corrected chi connectivity index (χ3v) is 3.00. The molecule has 2 aromatic rings. The Balaban J connectivity index is 0.000000921. The molecule has 2 rings (SSSR count). The molecule has 21 heavy (non-hydrogen) atoms. The molecule has 2 aromatic carbocycles. The highest BCUT2D eigenvalue weighted by Gasteiger charge is 2.02. The average molecular weight is 328 g/mol. The molecule has 0 spiro atoms. The fourth-order valence-electron chi connectivity index (χ4n) is 1.41. The second kappa shape index (κ2) is 11.4. The summed E-state index contributed by atoms with van der Waals surface area (Å²) in [7, 11) is 0. The SMILES string of the molecule is CC.CC.NCc1cccc(Oc2ccc(Cl)c(Cl)c2)c1. The molecule has 0 aromatic heterocycles. The molecule has 2 nitrogen and oxygen atoms in total. The van der Waals surface area contributed by atoms with Crippen LogP contribution in [0.4, 0.5) is 0 Å². The van der Waals surface area contributed by atoms with Crippen LogP contribution >= 0.6 is 23.2 Å². The quantitative estimate of drug-likeness (QED) is 0.718. The van der Waals surface area contributed by atoms with Crippen LogP contribution in [0.2, 0.25) is 10.0 Å². The van der Waals surface area contributed by atoms with E-state index in [0.29, 0.717) is 22.3 Å². The van der Waals surface area contributed by atoms with Gasteiger partial charge in [-0.05, 0) is 29.8 Å². The Morgan fingerprint density at radius 3 is 2.05 bits per heavy atom. The number of hydrogen-bond donors (Lipinski definition) is 1. The predicted molar refractivity (Wildman–Crippen MR) is 93.6 cm³/mol. The molecule has 2 N–H and O–H groups in total. The molecule has 0 radical (unpaired) electrons. The summed E-state index contributed by atoms with van der Waals surface area (Å²) >= 11 is 11.7. The maximum atomic E-state index is 5.91. The van der Waals surface area contributed by atoms with Gasteiger partial charge in [-0.2, -0.15) is 0 Å². The van der Waals surface area contributed by atoms with Crippen molar-refractivity contribution in [3.63, 3.8) is 0 Å². The van der Waals surface area contributed by atoms with Crippen LogP contribution in [0.1, 0.15) is 33.3 Å². The third-order valence-electron chi connectivity index (χ3n) is 2.26. The van der Waals surface area contributed by atoms with Gasteiger partial charge in [0.2, 0.25) is 0 Å². The molecule has 0 aliphatic rings. The maximum absolute atomic E-state index is 5.91. The second-order valence-electron chi connectivity index (χ2n) is 3.53. The fourth-order valence-corrected chi connectivity index (χ4v) is 1.70. The first-order chi connectivity index (χ1) is 10.2. The van der Waals surface area contributed by atoms with Crippen molar-refractivity contribution < 1.29 is 4.74 Å². The summed E-state index contributed by atoms with van der Waals surface area (Å²) in [6, 6.07) is 12.7. The van der Waals surface area contributed by atoms with Crippen molar-refractivity contribution in [2.45, 2.75) is 34.2 Å². The maximum Gasteiger partial charge on any atom is 0.129 e. The molecule has 0 bridgehead atoms. The van der Waals surface area contributed by atoms with Crippen molar-refractivity contribution in [1.29, 1.82) is 0 Å². The van der Waals surface area contributed by atoms with E-state index in [2.05, 4.69) is 0 Å². The van der Waals surface area contributed by atoms with Crippen molar-refractivity contribution in [2.24, 2.45) is 5.73 Å². The Bertz CT molecular complexity index is 530. The monoisotopic (exact) mass is 327 g/mol. The van der Waals surface area contributed by atoms with E-state index in [1.807, 2.05) is 52.0 Å². The molecule has 0 heterocycles. The average Bonchev–Trinajstić information content (AvgIpc) is 2.55. The topological polar surface area (TPSA) is 35.2 Å².